The van der Waals surface area contributed by atoms with Gasteiger partial charge in [-0.2, -0.15) is 0 Å². The third-order valence-electron chi connectivity index (χ3n) is 3.25. The first kappa shape index (κ1) is 15.5. The molecule has 0 radical (unpaired) electrons. The molecule has 3 nitrogen and oxygen atoms in total. The summed E-state index contributed by atoms with van der Waals surface area (Å²) in [6, 6.07) is 14.3. The summed E-state index contributed by atoms with van der Waals surface area (Å²) in [5.74, 6) is 1.63. The average molecular weight is 284 g/mol. The highest BCUT2D eigenvalue weighted by molar-refractivity contribution is 5.27. The lowest BCUT2D eigenvalue weighted by Crippen LogP contribution is -2.13. The summed E-state index contributed by atoms with van der Waals surface area (Å²) < 4.78 is 5.72. The molecule has 1 aromatic heterocycles. The van der Waals surface area contributed by atoms with Crippen LogP contribution in [0.25, 0.3) is 0 Å². The molecule has 0 atom stereocenters. The van der Waals surface area contributed by atoms with Gasteiger partial charge in [-0.1, -0.05) is 32.0 Å². The van der Waals surface area contributed by atoms with E-state index in [1.807, 2.05) is 36.5 Å². The molecule has 112 valence electrons. The van der Waals surface area contributed by atoms with Crippen LogP contribution in [0.4, 0.5) is 0 Å². The van der Waals surface area contributed by atoms with E-state index in [4.69, 9.17) is 4.74 Å². The minimum Gasteiger partial charge on any atom is -0.494 e. The molecule has 3 heteroatoms. The summed E-state index contributed by atoms with van der Waals surface area (Å²) in [5.41, 5.74) is 2.31. The Labute approximate surface area is 127 Å². The molecule has 21 heavy (non-hydrogen) atoms. The molecule has 0 aliphatic rings. The van der Waals surface area contributed by atoms with Gasteiger partial charge in [-0.25, -0.2) is 0 Å². The van der Waals surface area contributed by atoms with Gasteiger partial charge in [0.1, 0.15) is 5.75 Å². The molecule has 0 spiro atoms. The zero-order valence-corrected chi connectivity index (χ0v) is 12.9. The van der Waals surface area contributed by atoms with Crippen molar-refractivity contribution in [3.05, 3.63) is 59.9 Å². The zero-order valence-electron chi connectivity index (χ0n) is 12.9. The molecule has 1 heterocycles. The molecule has 0 fully saturated rings. The van der Waals surface area contributed by atoms with Crippen LogP contribution in [0.1, 0.15) is 31.5 Å². The van der Waals surface area contributed by atoms with Gasteiger partial charge in [0.2, 0.25) is 0 Å². The molecule has 0 saturated carbocycles. The van der Waals surface area contributed by atoms with E-state index < -0.39 is 0 Å². The third kappa shape index (κ3) is 5.96. The van der Waals surface area contributed by atoms with Crippen molar-refractivity contribution in [1.29, 1.82) is 0 Å². The maximum atomic E-state index is 5.72. The van der Waals surface area contributed by atoms with Gasteiger partial charge in [-0.15, -0.1) is 0 Å². The fourth-order valence-electron chi connectivity index (χ4n) is 1.95. The Bertz CT molecular complexity index is 509. The Kier molecular flexibility index (Phi) is 6.22. The number of ether oxygens (including phenoxy) is 1. The van der Waals surface area contributed by atoms with Crippen LogP contribution >= 0.6 is 0 Å². The molecule has 0 bridgehead atoms. The predicted molar refractivity (Wildman–Crippen MR) is 86.2 cm³/mol. The SMILES string of the molecule is CC(C)CCOc1ccc(CNCc2ccccn2)cc1. The van der Waals surface area contributed by atoms with E-state index in [1.54, 1.807) is 0 Å². The molecule has 0 aliphatic heterocycles. The van der Waals surface area contributed by atoms with Crippen molar-refractivity contribution in [3.63, 3.8) is 0 Å². The van der Waals surface area contributed by atoms with Crippen LogP contribution in [0.3, 0.4) is 0 Å². The molecule has 1 aromatic carbocycles. The van der Waals surface area contributed by atoms with E-state index in [0.29, 0.717) is 5.92 Å². The Morgan fingerprint density at radius 3 is 2.52 bits per heavy atom. The Morgan fingerprint density at radius 1 is 1.05 bits per heavy atom. The maximum absolute atomic E-state index is 5.72. The van der Waals surface area contributed by atoms with E-state index in [0.717, 1.165) is 37.6 Å². The van der Waals surface area contributed by atoms with Gasteiger partial charge in [0.25, 0.3) is 0 Å². The molecule has 2 rings (SSSR count). The number of hydrogen-bond acceptors (Lipinski definition) is 3. The predicted octanol–water partition coefficient (Wildman–Crippen LogP) is 3.80. The summed E-state index contributed by atoms with van der Waals surface area (Å²) in [5, 5.41) is 3.39. The van der Waals surface area contributed by atoms with Gasteiger partial charge < -0.3 is 10.1 Å². The first-order valence-electron chi connectivity index (χ1n) is 7.56. The lowest BCUT2D eigenvalue weighted by Gasteiger charge is -2.09. The Hall–Kier alpha value is -1.87. The van der Waals surface area contributed by atoms with Crippen molar-refractivity contribution in [3.8, 4) is 5.75 Å². The number of pyridine rings is 1. The number of benzene rings is 1. The van der Waals surface area contributed by atoms with Gasteiger partial charge in [0.15, 0.2) is 0 Å². The quantitative estimate of drug-likeness (QED) is 0.800. The van der Waals surface area contributed by atoms with Gasteiger partial charge in [0, 0.05) is 19.3 Å². The fraction of sp³-hybridized carbons (Fsp3) is 0.389. The van der Waals surface area contributed by atoms with E-state index in [9.17, 15) is 0 Å². The molecule has 0 unspecified atom stereocenters. The van der Waals surface area contributed by atoms with Gasteiger partial charge in [0.05, 0.1) is 12.3 Å². The lowest BCUT2D eigenvalue weighted by molar-refractivity contribution is 0.289. The number of aromatic nitrogens is 1. The maximum Gasteiger partial charge on any atom is 0.119 e. The normalized spacial score (nSPS) is 10.8. The van der Waals surface area contributed by atoms with Crippen molar-refractivity contribution in [2.75, 3.05) is 6.61 Å². The van der Waals surface area contributed by atoms with Crippen LogP contribution in [0.2, 0.25) is 0 Å². The first-order chi connectivity index (χ1) is 10.2. The third-order valence-corrected chi connectivity index (χ3v) is 3.25. The highest BCUT2D eigenvalue weighted by Gasteiger charge is 1.98. The van der Waals surface area contributed by atoms with Crippen LogP contribution in [0.15, 0.2) is 48.7 Å². The van der Waals surface area contributed by atoms with Crippen molar-refractivity contribution in [2.45, 2.75) is 33.4 Å². The molecule has 0 saturated heterocycles. The average Bonchev–Trinajstić information content (AvgIpc) is 2.50. The molecule has 1 N–H and O–H groups in total. The van der Waals surface area contributed by atoms with E-state index >= 15 is 0 Å². The minimum atomic E-state index is 0.681. The second kappa shape index (κ2) is 8.42. The summed E-state index contributed by atoms with van der Waals surface area (Å²) in [4.78, 5) is 4.29. The van der Waals surface area contributed by atoms with Crippen molar-refractivity contribution >= 4 is 0 Å². The van der Waals surface area contributed by atoms with Gasteiger partial charge in [-0.05, 0) is 42.2 Å². The highest BCUT2D eigenvalue weighted by atomic mass is 16.5. The van der Waals surface area contributed by atoms with E-state index in [2.05, 4.69) is 36.3 Å². The molecule has 0 aliphatic carbocycles. The monoisotopic (exact) mass is 284 g/mol. The lowest BCUT2D eigenvalue weighted by atomic mass is 10.1. The van der Waals surface area contributed by atoms with Crippen LogP contribution in [-0.2, 0) is 13.1 Å². The van der Waals surface area contributed by atoms with Gasteiger partial charge >= 0.3 is 0 Å². The first-order valence-corrected chi connectivity index (χ1v) is 7.56. The zero-order chi connectivity index (χ0) is 14.9. The number of rotatable bonds is 8. The molecular weight excluding hydrogens is 260 g/mol. The van der Waals surface area contributed by atoms with Crippen LogP contribution < -0.4 is 10.1 Å². The number of hydrogen-bond donors (Lipinski definition) is 1. The van der Waals surface area contributed by atoms with Crippen LogP contribution in [0.5, 0.6) is 5.75 Å². The number of nitrogens with zero attached hydrogens (tertiary/aromatic N) is 1. The molecule has 2 aromatic rings. The van der Waals surface area contributed by atoms with Crippen molar-refractivity contribution in [1.82, 2.24) is 10.3 Å². The standard InChI is InChI=1S/C18H24N2O/c1-15(2)10-12-21-18-8-6-16(7-9-18)13-19-14-17-5-3-4-11-20-17/h3-9,11,15,19H,10,12-14H2,1-2H3. The van der Waals surface area contributed by atoms with Crippen LogP contribution in [-0.4, -0.2) is 11.6 Å². The summed E-state index contributed by atoms with van der Waals surface area (Å²) in [6.45, 7) is 6.82. The summed E-state index contributed by atoms with van der Waals surface area (Å²) >= 11 is 0. The van der Waals surface area contributed by atoms with E-state index in [-0.39, 0.29) is 0 Å². The van der Waals surface area contributed by atoms with Crippen molar-refractivity contribution < 1.29 is 4.74 Å². The summed E-state index contributed by atoms with van der Waals surface area (Å²) in [7, 11) is 0. The smallest absolute Gasteiger partial charge is 0.119 e. The van der Waals surface area contributed by atoms with Gasteiger partial charge in [-0.3, -0.25) is 4.98 Å². The molecule has 0 amide bonds. The highest BCUT2D eigenvalue weighted by Crippen LogP contribution is 2.13. The Morgan fingerprint density at radius 2 is 1.86 bits per heavy atom. The fourth-order valence-corrected chi connectivity index (χ4v) is 1.95. The second-order valence-corrected chi connectivity index (χ2v) is 5.60. The molecular formula is C18H24N2O. The number of nitrogens with one attached hydrogen (secondary N) is 1. The van der Waals surface area contributed by atoms with Crippen molar-refractivity contribution in [2.24, 2.45) is 5.92 Å². The minimum absolute atomic E-state index is 0.681. The Balaban J connectivity index is 1.72. The summed E-state index contributed by atoms with van der Waals surface area (Å²) in [6.07, 6.45) is 2.91. The van der Waals surface area contributed by atoms with E-state index in [1.165, 1.54) is 5.56 Å². The largest absolute Gasteiger partial charge is 0.494 e. The topological polar surface area (TPSA) is 34.1 Å². The second-order valence-electron chi connectivity index (χ2n) is 5.60. The van der Waals surface area contributed by atoms with Crippen LogP contribution in [0, 0.1) is 5.92 Å².